The van der Waals surface area contributed by atoms with Crippen LogP contribution >= 0.6 is 11.3 Å². The molecular weight excluding hydrogens is 454 g/mol. The summed E-state index contributed by atoms with van der Waals surface area (Å²) in [6, 6.07) is 19.6. The molecule has 4 aromatic rings. The highest BCUT2D eigenvalue weighted by molar-refractivity contribution is 7.19. The number of halogens is 4. The van der Waals surface area contributed by atoms with Gasteiger partial charge in [-0.15, -0.1) is 11.3 Å². The number of carbonyl (C=O) groups excluding carboxylic acids is 1. The second kappa shape index (κ2) is 9.23. The van der Waals surface area contributed by atoms with Crippen LogP contribution in [0.1, 0.15) is 17.7 Å². The van der Waals surface area contributed by atoms with Gasteiger partial charge in [-0.3, -0.25) is 4.79 Å². The summed E-state index contributed by atoms with van der Waals surface area (Å²) in [6.45, 7) is 0.0104. The van der Waals surface area contributed by atoms with Crippen LogP contribution in [0.3, 0.4) is 0 Å². The lowest BCUT2D eigenvalue weighted by atomic mass is 10.0. The molecule has 3 aromatic carbocycles. The van der Waals surface area contributed by atoms with Crippen molar-refractivity contribution in [2.75, 3.05) is 4.90 Å². The molecule has 0 fully saturated rings. The second-order valence-electron chi connectivity index (χ2n) is 7.56. The zero-order valence-corrected chi connectivity index (χ0v) is 18.1. The molecule has 0 saturated carbocycles. The molecule has 170 valence electrons. The first-order chi connectivity index (χ1) is 15.7. The van der Waals surface area contributed by atoms with Crippen LogP contribution in [0.15, 0.2) is 72.8 Å². The van der Waals surface area contributed by atoms with Crippen LogP contribution in [0, 0.1) is 5.82 Å². The number of nitrogens with zero attached hydrogens (tertiary/aromatic N) is 1. The number of hydrogen-bond acceptors (Lipinski definition) is 3. The van der Waals surface area contributed by atoms with E-state index in [0.29, 0.717) is 11.1 Å². The summed E-state index contributed by atoms with van der Waals surface area (Å²) in [5.74, 6) is -1.40. The van der Waals surface area contributed by atoms with Gasteiger partial charge in [0.15, 0.2) is 0 Å². The highest BCUT2D eigenvalue weighted by Crippen LogP contribution is 2.36. The summed E-state index contributed by atoms with van der Waals surface area (Å²) >= 11 is 1.43. The number of anilines is 1. The Labute approximate surface area is 191 Å². The summed E-state index contributed by atoms with van der Waals surface area (Å²) in [4.78, 5) is 14.9. The van der Waals surface area contributed by atoms with Crippen LogP contribution in [-0.2, 0) is 11.3 Å². The van der Waals surface area contributed by atoms with Crippen molar-refractivity contribution in [2.24, 2.45) is 0 Å². The molecule has 4 rings (SSSR count). The van der Waals surface area contributed by atoms with Crippen LogP contribution in [0.2, 0.25) is 0 Å². The van der Waals surface area contributed by atoms with Gasteiger partial charge in [0, 0.05) is 16.0 Å². The third kappa shape index (κ3) is 5.51. The van der Waals surface area contributed by atoms with E-state index in [2.05, 4.69) is 0 Å². The molecule has 0 unspecified atom stereocenters. The lowest BCUT2D eigenvalue weighted by molar-refractivity contribution is -0.143. The Hall–Kier alpha value is -3.39. The molecule has 33 heavy (non-hydrogen) atoms. The third-order valence-electron chi connectivity index (χ3n) is 5.16. The first-order valence-electron chi connectivity index (χ1n) is 10.1. The predicted octanol–water partition coefficient (Wildman–Crippen LogP) is 7.29. The molecule has 0 atom stereocenters. The summed E-state index contributed by atoms with van der Waals surface area (Å²) in [6.07, 6.45) is -6.47. The van der Waals surface area contributed by atoms with Crippen LogP contribution in [0.25, 0.3) is 21.2 Å². The van der Waals surface area contributed by atoms with Crippen molar-refractivity contribution in [1.82, 2.24) is 0 Å². The second-order valence-corrected chi connectivity index (χ2v) is 8.72. The number of aromatic hydroxyl groups is 1. The minimum absolute atomic E-state index is 0.0104. The molecule has 1 N–H and O–H groups in total. The Bertz CT molecular complexity index is 1250. The van der Waals surface area contributed by atoms with Gasteiger partial charge in [0.25, 0.3) is 0 Å². The van der Waals surface area contributed by atoms with Crippen molar-refractivity contribution < 1.29 is 27.5 Å². The number of benzene rings is 3. The number of carbonyl (C=O) groups is 1. The number of hydrogen-bond donors (Lipinski definition) is 1. The summed E-state index contributed by atoms with van der Waals surface area (Å²) in [5, 5.41) is 11.5. The zero-order valence-electron chi connectivity index (χ0n) is 17.3. The van der Waals surface area contributed by atoms with E-state index in [1.165, 1.54) is 40.5 Å². The molecule has 0 aliphatic carbocycles. The fourth-order valence-corrected chi connectivity index (χ4v) is 4.58. The predicted molar refractivity (Wildman–Crippen MR) is 122 cm³/mol. The molecule has 1 amide bonds. The number of phenolic OH excluding ortho intramolecular Hbond substituents is 1. The van der Waals surface area contributed by atoms with E-state index in [1.54, 1.807) is 18.2 Å². The molecule has 1 aromatic heterocycles. The van der Waals surface area contributed by atoms with Gasteiger partial charge in [0.2, 0.25) is 5.91 Å². The van der Waals surface area contributed by atoms with E-state index < -0.39 is 30.7 Å². The standard InChI is InChI=1S/C25H19F4NO2S/c26-19-8-5-16(6-9-19)17-7-10-22(31)21(14-17)30(24(32)11-12-25(27,28)29)15-20-13-18-3-1-2-4-23(18)33-20/h1-10,13-14,31H,11-12,15H2. The highest BCUT2D eigenvalue weighted by atomic mass is 32.1. The Morgan fingerprint density at radius 1 is 0.939 bits per heavy atom. The van der Waals surface area contributed by atoms with Crippen LogP contribution in [0.4, 0.5) is 23.2 Å². The summed E-state index contributed by atoms with van der Waals surface area (Å²) < 4.78 is 52.7. The molecule has 0 saturated heterocycles. The number of rotatable bonds is 6. The molecule has 0 spiro atoms. The van der Waals surface area contributed by atoms with Crippen molar-refractivity contribution >= 4 is 33.0 Å². The molecule has 1 heterocycles. The lowest BCUT2D eigenvalue weighted by Crippen LogP contribution is -2.31. The molecule has 3 nitrogen and oxygen atoms in total. The molecular formula is C25H19F4NO2S. The van der Waals surface area contributed by atoms with Crippen molar-refractivity contribution in [3.63, 3.8) is 0 Å². The maximum atomic E-state index is 13.3. The monoisotopic (exact) mass is 473 g/mol. The minimum Gasteiger partial charge on any atom is -0.506 e. The fraction of sp³-hybridized carbons (Fsp3) is 0.160. The van der Waals surface area contributed by atoms with Crippen molar-refractivity contribution in [1.29, 1.82) is 0 Å². The van der Waals surface area contributed by atoms with Gasteiger partial charge in [-0.2, -0.15) is 13.2 Å². The van der Waals surface area contributed by atoms with E-state index in [1.807, 2.05) is 30.3 Å². The number of fused-ring (bicyclic) bond motifs is 1. The quantitative estimate of drug-likeness (QED) is 0.299. The van der Waals surface area contributed by atoms with Crippen molar-refractivity contribution in [3.05, 3.63) is 83.5 Å². The van der Waals surface area contributed by atoms with Gasteiger partial charge in [0.1, 0.15) is 11.6 Å². The van der Waals surface area contributed by atoms with Crippen molar-refractivity contribution in [2.45, 2.75) is 25.6 Å². The molecule has 0 aliphatic heterocycles. The summed E-state index contributed by atoms with van der Waals surface area (Å²) in [5.41, 5.74) is 1.33. The van der Waals surface area contributed by atoms with Crippen molar-refractivity contribution in [3.8, 4) is 16.9 Å². The van der Waals surface area contributed by atoms with E-state index in [-0.39, 0.29) is 18.0 Å². The van der Waals surface area contributed by atoms with Gasteiger partial charge < -0.3 is 10.0 Å². The normalized spacial score (nSPS) is 11.6. The van der Waals surface area contributed by atoms with Gasteiger partial charge in [-0.1, -0.05) is 36.4 Å². The largest absolute Gasteiger partial charge is 0.506 e. The smallest absolute Gasteiger partial charge is 0.389 e. The molecule has 0 bridgehead atoms. The topological polar surface area (TPSA) is 40.5 Å². The van der Waals surface area contributed by atoms with E-state index in [0.717, 1.165) is 15.0 Å². The molecule has 0 radical (unpaired) electrons. The Morgan fingerprint density at radius 3 is 2.33 bits per heavy atom. The van der Waals surface area contributed by atoms with E-state index in [9.17, 15) is 27.5 Å². The van der Waals surface area contributed by atoms with Gasteiger partial charge in [-0.05, 0) is 52.9 Å². The lowest BCUT2D eigenvalue weighted by Gasteiger charge is -2.24. The van der Waals surface area contributed by atoms with Gasteiger partial charge >= 0.3 is 6.18 Å². The van der Waals surface area contributed by atoms with Crippen LogP contribution in [0.5, 0.6) is 5.75 Å². The molecule has 0 aliphatic rings. The van der Waals surface area contributed by atoms with E-state index in [4.69, 9.17) is 0 Å². The number of phenols is 1. The van der Waals surface area contributed by atoms with Gasteiger partial charge in [-0.25, -0.2) is 4.39 Å². The minimum atomic E-state index is -4.48. The van der Waals surface area contributed by atoms with Crippen LogP contribution in [-0.4, -0.2) is 17.2 Å². The number of alkyl halides is 3. The summed E-state index contributed by atoms with van der Waals surface area (Å²) in [7, 11) is 0. The molecule has 8 heteroatoms. The number of amides is 1. The first-order valence-corrected chi connectivity index (χ1v) is 10.9. The average Bonchev–Trinajstić information content (AvgIpc) is 3.19. The third-order valence-corrected chi connectivity index (χ3v) is 6.26. The van der Waals surface area contributed by atoms with E-state index >= 15 is 0 Å². The van der Waals surface area contributed by atoms with Crippen LogP contribution < -0.4 is 4.90 Å². The van der Waals surface area contributed by atoms with Gasteiger partial charge in [0.05, 0.1) is 18.7 Å². The number of thiophene rings is 1. The first kappa shape index (κ1) is 22.8. The zero-order chi connectivity index (χ0) is 23.6. The highest BCUT2D eigenvalue weighted by Gasteiger charge is 2.30. The fourth-order valence-electron chi connectivity index (χ4n) is 3.52. The Kier molecular flexibility index (Phi) is 6.37. The SMILES string of the molecule is O=C(CCC(F)(F)F)N(Cc1cc2ccccc2s1)c1cc(-c2ccc(F)cc2)ccc1O. The average molecular weight is 473 g/mol. The Morgan fingerprint density at radius 2 is 1.64 bits per heavy atom. The Balaban J connectivity index is 1.72. The maximum absolute atomic E-state index is 13.3. The maximum Gasteiger partial charge on any atom is 0.389 e.